The molecule has 2 fully saturated rings. The van der Waals surface area contributed by atoms with E-state index in [-0.39, 0.29) is 5.82 Å². The molecule has 4 nitrogen and oxygen atoms in total. The molecule has 1 aromatic carbocycles. The quantitative estimate of drug-likeness (QED) is 0.868. The van der Waals surface area contributed by atoms with Crippen molar-refractivity contribution in [3.63, 3.8) is 0 Å². The first-order valence-corrected chi connectivity index (χ1v) is 8.72. The van der Waals surface area contributed by atoms with Crippen LogP contribution in [0, 0.1) is 5.82 Å². The van der Waals surface area contributed by atoms with Crippen LogP contribution in [0.3, 0.4) is 0 Å². The van der Waals surface area contributed by atoms with Crippen LogP contribution in [-0.4, -0.2) is 47.1 Å². The third-order valence-corrected chi connectivity index (χ3v) is 5.44. The number of halogens is 1. The summed E-state index contributed by atoms with van der Waals surface area (Å²) >= 11 is 0. The molecule has 2 bridgehead atoms. The Bertz CT molecular complexity index is 703. The Morgan fingerprint density at radius 3 is 2.71 bits per heavy atom. The number of hydrogen-bond donors (Lipinski definition) is 0. The molecule has 0 spiro atoms. The van der Waals surface area contributed by atoms with Gasteiger partial charge in [-0.3, -0.25) is 4.90 Å². The lowest BCUT2D eigenvalue weighted by Crippen LogP contribution is -2.37. The summed E-state index contributed by atoms with van der Waals surface area (Å²) in [6.07, 6.45) is 6.28. The molecule has 3 heterocycles. The number of hydrogen-bond acceptors (Lipinski definition) is 4. The molecule has 2 aromatic rings. The minimum Gasteiger partial charge on any atom is -0.355 e. The van der Waals surface area contributed by atoms with Gasteiger partial charge in [-0.15, -0.1) is 0 Å². The van der Waals surface area contributed by atoms with Crippen molar-refractivity contribution in [2.75, 3.05) is 25.0 Å². The van der Waals surface area contributed by atoms with Crippen molar-refractivity contribution in [2.45, 2.75) is 37.8 Å². The molecule has 0 N–H and O–H groups in total. The molecule has 24 heavy (non-hydrogen) atoms. The Morgan fingerprint density at radius 2 is 1.88 bits per heavy atom. The molecule has 2 aliphatic rings. The van der Waals surface area contributed by atoms with Gasteiger partial charge in [0.25, 0.3) is 0 Å². The van der Waals surface area contributed by atoms with E-state index in [1.165, 1.54) is 31.4 Å². The zero-order valence-corrected chi connectivity index (χ0v) is 14.0. The fraction of sp³-hybridized carbons (Fsp3) is 0.474. The van der Waals surface area contributed by atoms with Gasteiger partial charge >= 0.3 is 0 Å². The van der Waals surface area contributed by atoms with Gasteiger partial charge < -0.3 is 4.90 Å². The molecule has 1 aromatic heterocycles. The van der Waals surface area contributed by atoms with Gasteiger partial charge in [0, 0.05) is 37.8 Å². The number of aromatic nitrogens is 2. The summed E-state index contributed by atoms with van der Waals surface area (Å²) in [5, 5.41) is 0. The smallest absolute Gasteiger partial charge is 0.135 e. The fourth-order valence-electron chi connectivity index (χ4n) is 3.95. The fourth-order valence-corrected chi connectivity index (χ4v) is 3.95. The van der Waals surface area contributed by atoms with E-state index in [1.54, 1.807) is 12.1 Å². The van der Waals surface area contributed by atoms with E-state index in [9.17, 15) is 4.39 Å². The molecular formula is C19H23FN4. The van der Waals surface area contributed by atoms with E-state index in [4.69, 9.17) is 4.98 Å². The summed E-state index contributed by atoms with van der Waals surface area (Å²) in [4.78, 5) is 14.1. The van der Waals surface area contributed by atoms with Crippen LogP contribution < -0.4 is 4.90 Å². The second-order valence-corrected chi connectivity index (χ2v) is 6.92. The van der Waals surface area contributed by atoms with Crippen molar-refractivity contribution in [3.05, 3.63) is 53.7 Å². The highest BCUT2D eigenvalue weighted by Gasteiger charge is 2.34. The highest BCUT2D eigenvalue weighted by atomic mass is 19.1. The summed E-state index contributed by atoms with van der Waals surface area (Å²) in [5.74, 6) is 1.60. The van der Waals surface area contributed by atoms with Crippen molar-refractivity contribution in [2.24, 2.45) is 0 Å². The average molecular weight is 326 g/mol. The highest BCUT2D eigenvalue weighted by molar-refractivity contribution is 5.39. The summed E-state index contributed by atoms with van der Waals surface area (Å²) in [6.45, 7) is 2.10. The van der Waals surface area contributed by atoms with Crippen LogP contribution in [0.5, 0.6) is 0 Å². The molecule has 5 heteroatoms. The van der Waals surface area contributed by atoms with Crippen molar-refractivity contribution in [1.82, 2.24) is 14.9 Å². The maximum Gasteiger partial charge on any atom is 0.135 e. The Morgan fingerprint density at radius 1 is 1.08 bits per heavy atom. The number of benzene rings is 1. The third kappa shape index (κ3) is 3.13. The van der Waals surface area contributed by atoms with E-state index < -0.39 is 0 Å². The van der Waals surface area contributed by atoms with Crippen LogP contribution in [-0.2, 0) is 6.42 Å². The largest absolute Gasteiger partial charge is 0.355 e. The molecule has 0 radical (unpaired) electrons. The van der Waals surface area contributed by atoms with Crippen molar-refractivity contribution >= 4 is 5.82 Å². The van der Waals surface area contributed by atoms with Gasteiger partial charge in [0.1, 0.15) is 17.5 Å². The standard InChI is InChI=1S/C19H23FN4/c1-23-16-6-7-17(23)13-24(11-9-16)19-8-10-21-18(22-19)12-14-2-4-15(20)5-3-14/h2-5,8,10,16-17H,6-7,9,11-13H2,1H3. The third-order valence-electron chi connectivity index (χ3n) is 5.44. The summed E-state index contributed by atoms with van der Waals surface area (Å²) in [6, 6.07) is 9.93. The predicted octanol–water partition coefficient (Wildman–Crippen LogP) is 2.88. The molecule has 2 aliphatic heterocycles. The Kier molecular flexibility index (Phi) is 4.19. The molecule has 0 saturated carbocycles. The van der Waals surface area contributed by atoms with Crippen LogP contribution >= 0.6 is 0 Å². The topological polar surface area (TPSA) is 32.3 Å². The molecule has 0 amide bonds. The molecule has 0 aliphatic carbocycles. The van der Waals surface area contributed by atoms with E-state index in [0.717, 1.165) is 36.3 Å². The first-order chi connectivity index (χ1) is 11.7. The number of likely N-dealkylation sites (N-methyl/N-ethyl adjacent to an activating group) is 1. The van der Waals surface area contributed by atoms with E-state index in [1.807, 2.05) is 12.3 Å². The normalized spacial score (nSPS) is 24.2. The molecule has 4 rings (SSSR count). The number of nitrogens with zero attached hydrogens (tertiary/aromatic N) is 4. The Labute approximate surface area is 142 Å². The first-order valence-electron chi connectivity index (χ1n) is 8.72. The lowest BCUT2D eigenvalue weighted by atomic mass is 10.1. The number of fused-ring (bicyclic) bond motifs is 2. The lowest BCUT2D eigenvalue weighted by molar-refractivity contribution is 0.254. The zero-order chi connectivity index (χ0) is 16.5. The van der Waals surface area contributed by atoms with Gasteiger partial charge in [-0.25, -0.2) is 14.4 Å². The second-order valence-electron chi connectivity index (χ2n) is 6.92. The van der Waals surface area contributed by atoms with E-state index >= 15 is 0 Å². The molecule has 2 unspecified atom stereocenters. The van der Waals surface area contributed by atoms with Gasteiger partial charge in [-0.2, -0.15) is 0 Å². The lowest BCUT2D eigenvalue weighted by Gasteiger charge is -2.26. The first kappa shape index (κ1) is 15.5. The summed E-state index contributed by atoms with van der Waals surface area (Å²) in [5.41, 5.74) is 1.03. The van der Waals surface area contributed by atoms with Crippen molar-refractivity contribution in [1.29, 1.82) is 0 Å². The Balaban J connectivity index is 1.51. The van der Waals surface area contributed by atoms with Crippen LogP contribution in [0.15, 0.2) is 36.5 Å². The van der Waals surface area contributed by atoms with Crippen molar-refractivity contribution < 1.29 is 4.39 Å². The Hall–Kier alpha value is -2.01. The van der Waals surface area contributed by atoms with E-state index in [0.29, 0.717) is 12.5 Å². The van der Waals surface area contributed by atoms with Crippen LogP contribution in [0.4, 0.5) is 10.2 Å². The predicted molar refractivity (Wildman–Crippen MR) is 92.6 cm³/mol. The summed E-state index contributed by atoms with van der Waals surface area (Å²) in [7, 11) is 2.26. The molecule has 2 saturated heterocycles. The van der Waals surface area contributed by atoms with Gasteiger partial charge in [0.2, 0.25) is 0 Å². The minimum absolute atomic E-state index is 0.211. The van der Waals surface area contributed by atoms with Gasteiger partial charge in [-0.05, 0) is 50.1 Å². The summed E-state index contributed by atoms with van der Waals surface area (Å²) < 4.78 is 13.0. The maximum atomic E-state index is 13.0. The number of rotatable bonds is 3. The SMILES string of the molecule is CN1C2CCC1CN(c1ccnc(Cc3ccc(F)cc3)n1)CC2. The highest BCUT2D eigenvalue weighted by Crippen LogP contribution is 2.30. The van der Waals surface area contributed by atoms with Crippen LogP contribution in [0.2, 0.25) is 0 Å². The number of anilines is 1. The maximum absolute atomic E-state index is 13.0. The minimum atomic E-state index is -0.211. The zero-order valence-electron chi connectivity index (χ0n) is 14.0. The van der Waals surface area contributed by atoms with Gasteiger partial charge in [0.05, 0.1) is 0 Å². The average Bonchev–Trinajstić information content (AvgIpc) is 2.82. The van der Waals surface area contributed by atoms with Gasteiger partial charge in [0.15, 0.2) is 0 Å². The molecule has 126 valence electrons. The van der Waals surface area contributed by atoms with Crippen LogP contribution in [0.1, 0.15) is 30.7 Å². The second kappa shape index (κ2) is 6.48. The van der Waals surface area contributed by atoms with Crippen LogP contribution in [0.25, 0.3) is 0 Å². The van der Waals surface area contributed by atoms with Gasteiger partial charge in [-0.1, -0.05) is 12.1 Å². The van der Waals surface area contributed by atoms with E-state index in [2.05, 4.69) is 21.8 Å². The molecule has 2 atom stereocenters. The molecular weight excluding hydrogens is 303 g/mol. The van der Waals surface area contributed by atoms with Crippen molar-refractivity contribution in [3.8, 4) is 0 Å². The monoisotopic (exact) mass is 326 g/mol.